The third-order valence-corrected chi connectivity index (χ3v) is 3.60. The van der Waals surface area contributed by atoms with Gasteiger partial charge in [0.15, 0.2) is 17.1 Å². The molecule has 0 fully saturated rings. The molecule has 0 unspecified atom stereocenters. The standard InChI is InChI=1S/C18H14ClNO5/c1-23-16-9-11(6-7-15(16)24-10-17(21)22)8-12(19)18-20-13-4-2-3-5-14(13)25-18/h2-9H,10H2,1H3,(H,21,22)/p-1/b12-8-. The summed E-state index contributed by atoms with van der Waals surface area (Å²) in [6.45, 7) is -0.560. The van der Waals surface area contributed by atoms with Crippen molar-refractivity contribution >= 4 is 39.8 Å². The smallest absolute Gasteiger partial charge is 0.238 e. The number of carboxylic acid groups (broad SMARTS) is 1. The van der Waals surface area contributed by atoms with Gasteiger partial charge in [0.05, 0.1) is 13.1 Å². The van der Waals surface area contributed by atoms with Gasteiger partial charge in [0.1, 0.15) is 17.2 Å². The van der Waals surface area contributed by atoms with Crippen LogP contribution in [-0.2, 0) is 4.79 Å². The zero-order valence-corrected chi connectivity index (χ0v) is 13.9. The highest BCUT2D eigenvalue weighted by Crippen LogP contribution is 2.31. The molecule has 2 aromatic carbocycles. The van der Waals surface area contributed by atoms with E-state index in [0.29, 0.717) is 39.1 Å². The predicted molar refractivity (Wildman–Crippen MR) is 91.2 cm³/mol. The second-order valence-electron chi connectivity index (χ2n) is 5.05. The Labute approximate surface area is 148 Å². The number of carboxylic acids is 1. The number of carbonyl (C=O) groups excluding carboxylic acids is 1. The maximum Gasteiger partial charge on any atom is 0.238 e. The average Bonchev–Trinajstić information content (AvgIpc) is 3.04. The number of aliphatic carboxylic acids is 1. The SMILES string of the molecule is COc1cc(/C=C(\Cl)c2nc3ccccc3o2)ccc1OCC(=O)[O-]. The van der Waals surface area contributed by atoms with Crippen LogP contribution in [-0.4, -0.2) is 24.7 Å². The summed E-state index contributed by atoms with van der Waals surface area (Å²) < 4.78 is 15.9. The van der Waals surface area contributed by atoms with Gasteiger partial charge in [-0.1, -0.05) is 29.8 Å². The lowest BCUT2D eigenvalue weighted by atomic mass is 10.2. The molecule has 0 atom stereocenters. The number of methoxy groups -OCH3 is 1. The third-order valence-electron chi connectivity index (χ3n) is 3.32. The van der Waals surface area contributed by atoms with Gasteiger partial charge in [0, 0.05) is 0 Å². The molecule has 0 saturated heterocycles. The Balaban J connectivity index is 1.87. The Morgan fingerprint density at radius 3 is 2.80 bits per heavy atom. The molecule has 0 aliphatic rings. The number of benzene rings is 2. The van der Waals surface area contributed by atoms with Gasteiger partial charge in [-0.3, -0.25) is 0 Å². The minimum absolute atomic E-state index is 0.293. The van der Waals surface area contributed by atoms with E-state index >= 15 is 0 Å². The van der Waals surface area contributed by atoms with Crippen molar-refractivity contribution in [3.8, 4) is 11.5 Å². The van der Waals surface area contributed by atoms with Crippen molar-refractivity contribution in [3.05, 3.63) is 53.9 Å². The number of carbonyl (C=O) groups is 1. The second kappa shape index (κ2) is 7.27. The second-order valence-corrected chi connectivity index (χ2v) is 5.46. The van der Waals surface area contributed by atoms with Crippen LogP contribution in [0.3, 0.4) is 0 Å². The lowest BCUT2D eigenvalue weighted by Gasteiger charge is -2.11. The van der Waals surface area contributed by atoms with Crippen LogP contribution in [0.15, 0.2) is 46.9 Å². The lowest BCUT2D eigenvalue weighted by Crippen LogP contribution is -2.29. The zero-order chi connectivity index (χ0) is 17.8. The van der Waals surface area contributed by atoms with Crippen LogP contribution in [0, 0.1) is 0 Å². The summed E-state index contributed by atoms with van der Waals surface area (Å²) in [5, 5.41) is 10.8. The van der Waals surface area contributed by atoms with Crippen molar-refractivity contribution in [1.29, 1.82) is 0 Å². The van der Waals surface area contributed by atoms with Gasteiger partial charge in [-0.05, 0) is 35.9 Å². The predicted octanol–water partition coefficient (Wildman–Crippen LogP) is 2.70. The molecule has 1 aromatic heterocycles. The zero-order valence-electron chi connectivity index (χ0n) is 13.2. The quantitative estimate of drug-likeness (QED) is 0.673. The van der Waals surface area contributed by atoms with Crippen LogP contribution < -0.4 is 14.6 Å². The summed E-state index contributed by atoms with van der Waals surface area (Å²) in [6.07, 6.45) is 1.66. The summed E-state index contributed by atoms with van der Waals surface area (Å²) in [4.78, 5) is 14.8. The van der Waals surface area contributed by atoms with Crippen LogP contribution in [0.4, 0.5) is 0 Å². The monoisotopic (exact) mass is 358 g/mol. The Morgan fingerprint density at radius 1 is 1.28 bits per heavy atom. The van der Waals surface area contributed by atoms with Gasteiger partial charge >= 0.3 is 0 Å². The fourth-order valence-electron chi connectivity index (χ4n) is 2.21. The number of hydrogen-bond acceptors (Lipinski definition) is 6. The van der Waals surface area contributed by atoms with Crippen LogP contribution in [0.25, 0.3) is 22.2 Å². The number of ether oxygens (including phenoxy) is 2. The summed E-state index contributed by atoms with van der Waals surface area (Å²) in [6, 6.07) is 12.3. The van der Waals surface area contributed by atoms with Crippen molar-refractivity contribution in [3.63, 3.8) is 0 Å². The molecule has 0 aliphatic heterocycles. The number of para-hydroxylation sites is 2. The molecule has 0 N–H and O–H groups in total. The topological polar surface area (TPSA) is 84.6 Å². The number of rotatable bonds is 6. The molecule has 0 bridgehead atoms. The summed E-state index contributed by atoms with van der Waals surface area (Å²) >= 11 is 6.30. The first-order chi connectivity index (χ1) is 12.1. The van der Waals surface area contributed by atoms with Crippen molar-refractivity contribution in [2.24, 2.45) is 0 Å². The fourth-order valence-corrected chi connectivity index (χ4v) is 2.42. The van der Waals surface area contributed by atoms with Gasteiger partial charge in [-0.25, -0.2) is 4.98 Å². The molecule has 0 radical (unpaired) electrons. The lowest BCUT2D eigenvalue weighted by molar-refractivity contribution is -0.307. The Bertz CT molecular complexity index is 915. The number of nitrogens with zero attached hydrogens (tertiary/aromatic N) is 1. The van der Waals surface area contributed by atoms with E-state index < -0.39 is 12.6 Å². The minimum atomic E-state index is -1.31. The number of hydrogen-bond donors (Lipinski definition) is 0. The first kappa shape index (κ1) is 16.9. The molecular formula is C18H13ClNO5-. The van der Waals surface area contributed by atoms with E-state index in [0.717, 1.165) is 0 Å². The molecule has 0 saturated carbocycles. The highest BCUT2D eigenvalue weighted by molar-refractivity contribution is 6.50. The number of halogens is 1. The molecule has 25 heavy (non-hydrogen) atoms. The van der Waals surface area contributed by atoms with E-state index in [1.54, 1.807) is 24.3 Å². The van der Waals surface area contributed by atoms with Crippen molar-refractivity contribution < 1.29 is 23.8 Å². The molecule has 128 valence electrons. The van der Waals surface area contributed by atoms with E-state index in [1.807, 2.05) is 24.3 Å². The molecule has 7 heteroatoms. The summed E-state index contributed by atoms with van der Waals surface area (Å²) in [5.74, 6) is -0.344. The Hall–Kier alpha value is -2.99. The minimum Gasteiger partial charge on any atom is -0.546 e. The van der Waals surface area contributed by atoms with E-state index in [4.69, 9.17) is 25.5 Å². The number of fused-ring (bicyclic) bond motifs is 1. The maximum absolute atomic E-state index is 10.5. The fraction of sp³-hybridized carbons (Fsp3) is 0.111. The van der Waals surface area contributed by atoms with Gasteiger partial charge in [-0.2, -0.15) is 0 Å². The van der Waals surface area contributed by atoms with Gasteiger partial charge in [0.25, 0.3) is 0 Å². The molecule has 0 amide bonds. The normalized spacial score (nSPS) is 11.5. The van der Waals surface area contributed by atoms with E-state index in [1.165, 1.54) is 7.11 Å². The van der Waals surface area contributed by atoms with Crippen LogP contribution >= 0.6 is 11.6 Å². The van der Waals surface area contributed by atoms with Crippen LogP contribution in [0.2, 0.25) is 0 Å². The van der Waals surface area contributed by atoms with E-state index in [2.05, 4.69) is 4.98 Å². The molecule has 3 aromatic rings. The molecule has 1 heterocycles. The Kier molecular flexibility index (Phi) is 4.90. The molecule has 0 spiro atoms. The van der Waals surface area contributed by atoms with Crippen molar-refractivity contribution in [2.45, 2.75) is 0 Å². The van der Waals surface area contributed by atoms with Gasteiger partial charge in [-0.15, -0.1) is 0 Å². The summed E-state index contributed by atoms with van der Waals surface area (Å²) in [5.41, 5.74) is 2.07. The molecular weight excluding hydrogens is 346 g/mol. The van der Waals surface area contributed by atoms with Gasteiger partial charge in [0.2, 0.25) is 5.89 Å². The molecule has 6 nitrogen and oxygen atoms in total. The molecule has 0 aliphatic carbocycles. The number of oxazole rings is 1. The highest BCUT2D eigenvalue weighted by atomic mass is 35.5. The average molecular weight is 359 g/mol. The van der Waals surface area contributed by atoms with E-state index in [9.17, 15) is 9.90 Å². The summed E-state index contributed by atoms with van der Waals surface area (Å²) in [7, 11) is 1.46. The first-order valence-corrected chi connectivity index (χ1v) is 7.68. The highest BCUT2D eigenvalue weighted by Gasteiger charge is 2.10. The van der Waals surface area contributed by atoms with Crippen molar-refractivity contribution in [2.75, 3.05) is 13.7 Å². The third kappa shape index (κ3) is 3.92. The Morgan fingerprint density at radius 2 is 2.08 bits per heavy atom. The van der Waals surface area contributed by atoms with Crippen LogP contribution in [0.1, 0.15) is 11.5 Å². The van der Waals surface area contributed by atoms with Crippen molar-refractivity contribution in [1.82, 2.24) is 4.98 Å². The van der Waals surface area contributed by atoms with E-state index in [-0.39, 0.29) is 0 Å². The van der Waals surface area contributed by atoms with Crippen LogP contribution in [0.5, 0.6) is 11.5 Å². The molecule has 3 rings (SSSR count). The van der Waals surface area contributed by atoms with Gasteiger partial charge < -0.3 is 23.8 Å². The number of aromatic nitrogens is 1. The largest absolute Gasteiger partial charge is 0.546 e. The maximum atomic E-state index is 10.5. The first-order valence-electron chi connectivity index (χ1n) is 7.30.